The molecule has 0 bridgehead atoms. The number of carbonyl (C=O) groups is 2. The predicted molar refractivity (Wildman–Crippen MR) is 126 cm³/mol. The Kier molecular flexibility index (Phi) is 7.30. The number of aromatic nitrogens is 1. The van der Waals surface area contributed by atoms with E-state index in [9.17, 15) is 22.8 Å². The van der Waals surface area contributed by atoms with E-state index in [2.05, 4.69) is 10.3 Å². The molecule has 4 rings (SSSR count). The third-order valence-electron chi connectivity index (χ3n) is 6.06. The van der Waals surface area contributed by atoms with E-state index in [-0.39, 0.29) is 30.7 Å². The molecule has 0 spiro atoms. The lowest BCUT2D eigenvalue weighted by molar-refractivity contribution is -0.153. The normalized spacial score (nSPS) is 14.8. The summed E-state index contributed by atoms with van der Waals surface area (Å²) in [6, 6.07) is 8.68. The molecule has 10 heteroatoms. The minimum absolute atomic E-state index is 0.0363. The number of amides is 2. The molecule has 0 aliphatic carbocycles. The van der Waals surface area contributed by atoms with Crippen LogP contribution in [0.4, 0.5) is 13.2 Å². The van der Waals surface area contributed by atoms with Gasteiger partial charge in [-0.2, -0.15) is 13.2 Å². The molecule has 6 nitrogen and oxygen atoms in total. The summed E-state index contributed by atoms with van der Waals surface area (Å²) < 4.78 is 44.6. The Morgan fingerprint density at radius 3 is 2.57 bits per heavy atom. The zero-order valence-electron chi connectivity index (χ0n) is 19.4. The molecule has 1 fully saturated rings. The Bertz CT molecular complexity index is 1200. The highest BCUT2D eigenvalue weighted by atomic mass is 32.1. The Labute approximate surface area is 205 Å². The molecule has 3 aromatic heterocycles. The van der Waals surface area contributed by atoms with E-state index in [1.165, 1.54) is 16.7 Å². The lowest BCUT2D eigenvalue weighted by Gasteiger charge is -2.32. The summed E-state index contributed by atoms with van der Waals surface area (Å²) in [5, 5.41) is 4.95. The van der Waals surface area contributed by atoms with Gasteiger partial charge in [0.2, 0.25) is 5.76 Å². The van der Waals surface area contributed by atoms with Crippen molar-refractivity contribution >= 4 is 23.2 Å². The van der Waals surface area contributed by atoms with Gasteiger partial charge in [0.15, 0.2) is 0 Å². The van der Waals surface area contributed by atoms with Crippen molar-refractivity contribution < 1.29 is 27.2 Å². The summed E-state index contributed by atoms with van der Waals surface area (Å²) in [7, 11) is 0. The molecule has 0 atom stereocenters. The number of hydrogen-bond donors (Lipinski definition) is 1. The third-order valence-corrected chi connectivity index (χ3v) is 6.99. The molecule has 1 aliphatic rings. The second-order valence-electron chi connectivity index (χ2n) is 8.63. The molecule has 0 aromatic carbocycles. The van der Waals surface area contributed by atoms with Crippen molar-refractivity contribution in [3.63, 3.8) is 0 Å². The lowest BCUT2D eigenvalue weighted by atomic mass is 9.89. The van der Waals surface area contributed by atoms with Crippen LogP contribution in [0.1, 0.15) is 67.3 Å². The molecule has 4 heterocycles. The topological polar surface area (TPSA) is 75.4 Å². The number of pyridine rings is 1. The van der Waals surface area contributed by atoms with Crippen molar-refractivity contribution in [3.05, 3.63) is 74.6 Å². The summed E-state index contributed by atoms with van der Waals surface area (Å²) in [5.41, 5.74) is 1.47. The summed E-state index contributed by atoms with van der Waals surface area (Å²) in [6.07, 6.45) is -3.01. The van der Waals surface area contributed by atoms with Gasteiger partial charge in [-0.05, 0) is 62.8 Å². The number of thiophene rings is 1. The highest BCUT2D eigenvalue weighted by Gasteiger charge is 2.41. The first-order chi connectivity index (χ1) is 16.6. The molecule has 1 N–H and O–H groups in total. The fourth-order valence-corrected chi connectivity index (χ4v) is 5.05. The highest BCUT2D eigenvalue weighted by Crippen LogP contribution is 2.36. The number of likely N-dealkylation sites (tertiary alicyclic amines) is 1. The van der Waals surface area contributed by atoms with Crippen LogP contribution in [0.25, 0.3) is 0 Å². The highest BCUT2D eigenvalue weighted by molar-refractivity contribution is 7.09. The van der Waals surface area contributed by atoms with Crippen LogP contribution in [0.15, 0.2) is 40.1 Å². The number of furan rings is 1. The van der Waals surface area contributed by atoms with Gasteiger partial charge < -0.3 is 14.6 Å². The van der Waals surface area contributed by atoms with Crippen molar-refractivity contribution in [2.45, 2.75) is 45.2 Å². The zero-order valence-corrected chi connectivity index (χ0v) is 20.3. The van der Waals surface area contributed by atoms with Crippen LogP contribution in [0.5, 0.6) is 0 Å². The Balaban J connectivity index is 1.43. The monoisotopic (exact) mass is 505 g/mol. The second-order valence-corrected chi connectivity index (χ2v) is 9.67. The maximum atomic E-state index is 13.3. The number of hydrogen-bond acceptors (Lipinski definition) is 5. The summed E-state index contributed by atoms with van der Waals surface area (Å²) in [5.74, 6) is -2.20. The number of nitrogens with zero attached hydrogens (tertiary/aromatic N) is 2. The summed E-state index contributed by atoms with van der Waals surface area (Å²) >= 11 is 1.64. The van der Waals surface area contributed by atoms with E-state index in [1.807, 2.05) is 24.4 Å². The maximum Gasteiger partial charge on any atom is 0.450 e. The van der Waals surface area contributed by atoms with Crippen LogP contribution in [-0.4, -0.2) is 41.3 Å². The fraction of sp³-hybridized carbons (Fsp3) is 0.400. The van der Waals surface area contributed by atoms with Crippen molar-refractivity contribution in [3.8, 4) is 0 Å². The molecule has 1 aliphatic heterocycles. The zero-order chi connectivity index (χ0) is 25.2. The van der Waals surface area contributed by atoms with Crippen LogP contribution < -0.4 is 5.32 Å². The standard InChI is InChI=1S/C25H26F3N3O3S/c1-15-5-6-19(23(32)29-10-7-18-4-3-13-35-18)21(30-15)17-8-11-31(12-9-17)24(33)20-14-16(2)34-22(20)25(26,27)28/h3-6,13-14,17H,7-12H2,1-2H3,(H,29,32). The number of halogens is 3. The van der Waals surface area contributed by atoms with E-state index in [0.29, 0.717) is 30.6 Å². The Morgan fingerprint density at radius 2 is 1.91 bits per heavy atom. The van der Waals surface area contributed by atoms with Gasteiger partial charge in [0.05, 0.1) is 16.8 Å². The van der Waals surface area contributed by atoms with Crippen molar-refractivity contribution in [2.24, 2.45) is 0 Å². The maximum absolute atomic E-state index is 13.3. The number of rotatable bonds is 6. The van der Waals surface area contributed by atoms with E-state index in [0.717, 1.165) is 18.2 Å². The van der Waals surface area contributed by atoms with E-state index >= 15 is 0 Å². The van der Waals surface area contributed by atoms with Crippen LogP contribution >= 0.6 is 11.3 Å². The van der Waals surface area contributed by atoms with Gasteiger partial charge in [0.1, 0.15) is 5.76 Å². The summed E-state index contributed by atoms with van der Waals surface area (Å²) in [4.78, 5) is 33.0. The molecule has 3 aromatic rings. The van der Waals surface area contributed by atoms with Crippen LogP contribution in [0, 0.1) is 13.8 Å². The van der Waals surface area contributed by atoms with Gasteiger partial charge in [0.25, 0.3) is 11.8 Å². The van der Waals surface area contributed by atoms with E-state index < -0.39 is 23.4 Å². The van der Waals surface area contributed by atoms with Crippen molar-refractivity contribution in [1.82, 2.24) is 15.2 Å². The molecule has 186 valence electrons. The fourth-order valence-electron chi connectivity index (χ4n) is 4.34. The number of nitrogens with one attached hydrogen (secondary N) is 1. The minimum atomic E-state index is -4.74. The number of carbonyl (C=O) groups excluding carboxylic acids is 2. The van der Waals surface area contributed by atoms with E-state index in [1.54, 1.807) is 23.5 Å². The summed E-state index contributed by atoms with van der Waals surface area (Å²) in [6.45, 7) is 4.26. The van der Waals surface area contributed by atoms with Gasteiger partial charge in [-0.1, -0.05) is 6.07 Å². The Hall–Kier alpha value is -3.14. The molecule has 2 amide bonds. The molecular formula is C25H26F3N3O3S. The first-order valence-corrected chi connectivity index (χ1v) is 12.3. The predicted octanol–water partition coefficient (Wildman–Crippen LogP) is 5.36. The SMILES string of the molecule is Cc1ccc(C(=O)NCCc2cccs2)c(C2CCN(C(=O)c3cc(C)oc3C(F)(F)F)CC2)n1. The number of alkyl halides is 3. The quantitative estimate of drug-likeness (QED) is 0.489. The van der Waals surface area contributed by atoms with Crippen LogP contribution in [0.2, 0.25) is 0 Å². The second kappa shape index (κ2) is 10.2. The molecular weight excluding hydrogens is 479 g/mol. The van der Waals surface area contributed by atoms with Crippen LogP contribution in [-0.2, 0) is 12.6 Å². The van der Waals surface area contributed by atoms with Gasteiger partial charge in [0, 0.05) is 36.1 Å². The Morgan fingerprint density at radius 1 is 1.17 bits per heavy atom. The van der Waals surface area contributed by atoms with Gasteiger partial charge in [-0.25, -0.2) is 0 Å². The smallest absolute Gasteiger partial charge is 0.450 e. The van der Waals surface area contributed by atoms with E-state index in [4.69, 9.17) is 4.42 Å². The first-order valence-electron chi connectivity index (χ1n) is 11.4. The first kappa shape index (κ1) is 25.0. The molecule has 35 heavy (non-hydrogen) atoms. The van der Waals surface area contributed by atoms with Gasteiger partial charge >= 0.3 is 6.18 Å². The average Bonchev–Trinajstić information content (AvgIpc) is 3.48. The van der Waals surface area contributed by atoms with Crippen molar-refractivity contribution in [1.29, 1.82) is 0 Å². The molecule has 0 saturated carbocycles. The molecule has 0 radical (unpaired) electrons. The number of piperidine rings is 1. The van der Waals surface area contributed by atoms with Gasteiger partial charge in [-0.15, -0.1) is 11.3 Å². The molecule has 1 saturated heterocycles. The minimum Gasteiger partial charge on any atom is -0.456 e. The molecule has 0 unspecified atom stereocenters. The average molecular weight is 506 g/mol. The van der Waals surface area contributed by atoms with Crippen molar-refractivity contribution in [2.75, 3.05) is 19.6 Å². The largest absolute Gasteiger partial charge is 0.456 e. The van der Waals surface area contributed by atoms with Crippen LogP contribution in [0.3, 0.4) is 0 Å². The lowest BCUT2D eigenvalue weighted by Crippen LogP contribution is -2.39. The number of aryl methyl sites for hydroxylation is 2. The van der Waals surface area contributed by atoms with Gasteiger partial charge in [-0.3, -0.25) is 14.6 Å². The third kappa shape index (κ3) is 5.75.